The van der Waals surface area contributed by atoms with Crippen molar-refractivity contribution in [3.63, 3.8) is 0 Å². The fraction of sp³-hybridized carbons (Fsp3) is 0.800. The van der Waals surface area contributed by atoms with E-state index in [4.69, 9.17) is 19.7 Å². The van der Waals surface area contributed by atoms with Gasteiger partial charge in [-0.2, -0.15) is 4.98 Å². The Balaban J connectivity index is 2.58. The minimum Gasteiger partial charge on any atom is -0.449 e. The molecule has 0 spiro atoms. The number of nitrogens with two attached hydrogens (primary N) is 1. The van der Waals surface area contributed by atoms with E-state index in [1.807, 2.05) is 13.8 Å². The molecule has 0 aliphatic rings. The van der Waals surface area contributed by atoms with Gasteiger partial charge >= 0.3 is 6.08 Å². The van der Waals surface area contributed by atoms with Crippen molar-refractivity contribution in [1.29, 1.82) is 0 Å². The Labute approximate surface area is 95.1 Å². The fourth-order valence-corrected chi connectivity index (χ4v) is 1.12. The number of rotatable bonds is 7. The number of aromatic nitrogens is 2. The Morgan fingerprint density at radius 2 is 2.19 bits per heavy atom. The van der Waals surface area contributed by atoms with E-state index >= 15 is 0 Å². The van der Waals surface area contributed by atoms with Crippen molar-refractivity contribution in [2.24, 2.45) is 5.73 Å². The Hall–Kier alpha value is -1.14. The van der Waals surface area contributed by atoms with Crippen molar-refractivity contribution >= 4 is 0 Å². The van der Waals surface area contributed by atoms with Crippen molar-refractivity contribution in [2.75, 3.05) is 19.8 Å². The first-order valence-electron chi connectivity index (χ1n) is 5.43. The SMILES string of the molecule is CCCOCC(C)(N)c1noc(OCC)n1. The summed E-state index contributed by atoms with van der Waals surface area (Å²) >= 11 is 0. The van der Waals surface area contributed by atoms with Gasteiger partial charge in [0.1, 0.15) is 5.54 Å². The Morgan fingerprint density at radius 3 is 2.81 bits per heavy atom. The molecule has 0 aromatic carbocycles. The van der Waals surface area contributed by atoms with E-state index in [0.29, 0.717) is 25.6 Å². The molecule has 0 aliphatic heterocycles. The van der Waals surface area contributed by atoms with Crippen LogP contribution in [0.15, 0.2) is 4.52 Å². The second-order valence-electron chi connectivity index (χ2n) is 3.79. The lowest BCUT2D eigenvalue weighted by Gasteiger charge is -2.19. The molecule has 2 N–H and O–H groups in total. The van der Waals surface area contributed by atoms with Gasteiger partial charge in [-0.3, -0.25) is 4.52 Å². The van der Waals surface area contributed by atoms with Gasteiger partial charge in [-0.05, 0) is 20.3 Å². The molecule has 0 radical (unpaired) electrons. The van der Waals surface area contributed by atoms with Gasteiger partial charge in [0.05, 0.1) is 13.2 Å². The summed E-state index contributed by atoms with van der Waals surface area (Å²) in [6.07, 6.45) is 1.09. The zero-order chi connectivity index (χ0) is 12.0. The van der Waals surface area contributed by atoms with Crippen molar-refractivity contribution < 1.29 is 14.0 Å². The minimum atomic E-state index is -0.756. The molecular weight excluding hydrogens is 210 g/mol. The minimum absolute atomic E-state index is 0.143. The highest BCUT2D eigenvalue weighted by Gasteiger charge is 2.28. The highest BCUT2D eigenvalue weighted by Crippen LogP contribution is 2.17. The molecule has 1 atom stereocenters. The predicted octanol–water partition coefficient (Wildman–Crippen LogP) is 1.07. The predicted molar refractivity (Wildman–Crippen MR) is 58.1 cm³/mol. The van der Waals surface area contributed by atoms with Crippen molar-refractivity contribution in [3.8, 4) is 6.08 Å². The monoisotopic (exact) mass is 229 g/mol. The maximum absolute atomic E-state index is 6.02. The first-order chi connectivity index (χ1) is 7.60. The average Bonchev–Trinajstić information content (AvgIpc) is 2.68. The zero-order valence-corrected chi connectivity index (χ0v) is 10.0. The number of hydrogen-bond acceptors (Lipinski definition) is 6. The van der Waals surface area contributed by atoms with Gasteiger partial charge in [0, 0.05) is 6.61 Å². The molecule has 0 bridgehead atoms. The van der Waals surface area contributed by atoms with E-state index in [1.54, 1.807) is 6.92 Å². The Bertz CT molecular complexity index is 312. The zero-order valence-electron chi connectivity index (χ0n) is 10.0. The molecule has 92 valence electrons. The van der Waals surface area contributed by atoms with Crippen LogP contribution in [0.1, 0.15) is 33.0 Å². The van der Waals surface area contributed by atoms with Crippen LogP contribution in [0.5, 0.6) is 6.08 Å². The van der Waals surface area contributed by atoms with Crippen molar-refractivity contribution in [2.45, 2.75) is 32.7 Å². The summed E-state index contributed by atoms with van der Waals surface area (Å²) in [5.41, 5.74) is 5.27. The standard InChI is InChI=1S/C10H19N3O3/c1-4-6-14-7-10(3,11)8-12-9(15-5-2)16-13-8/h4-7,11H2,1-3H3. The van der Waals surface area contributed by atoms with Gasteiger partial charge in [-0.15, -0.1) is 0 Å². The van der Waals surface area contributed by atoms with Crippen LogP contribution in [0.25, 0.3) is 0 Å². The van der Waals surface area contributed by atoms with Gasteiger partial charge in [0.15, 0.2) is 5.82 Å². The maximum atomic E-state index is 6.02. The molecule has 0 saturated heterocycles. The molecule has 1 aromatic rings. The van der Waals surface area contributed by atoms with Gasteiger partial charge < -0.3 is 15.2 Å². The summed E-state index contributed by atoms with van der Waals surface area (Å²) in [5, 5.41) is 3.77. The molecule has 0 amide bonds. The van der Waals surface area contributed by atoms with E-state index in [-0.39, 0.29) is 6.08 Å². The second-order valence-corrected chi connectivity index (χ2v) is 3.79. The molecule has 1 unspecified atom stereocenters. The summed E-state index contributed by atoms with van der Waals surface area (Å²) in [7, 11) is 0. The quantitative estimate of drug-likeness (QED) is 0.704. The van der Waals surface area contributed by atoms with Crippen LogP contribution in [0, 0.1) is 0 Å². The highest BCUT2D eigenvalue weighted by molar-refractivity contribution is 5.03. The van der Waals surface area contributed by atoms with Crippen LogP contribution in [0.3, 0.4) is 0 Å². The highest BCUT2D eigenvalue weighted by atomic mass is 16.6. The molecule has 0 saturated carbocycles. The molecule has 1 aromatic heterocycles. The summed E-state index contributed by atoms with van der Waals surface area (Å²) in [5.74, 6) is 0.395. The van der Waals surface area contributed by atoms with Gasteiger partial charge in [0.2, 0.25) is 0 Å². The molecule has 1 rings (SSSR count). The molecule has 0 aliphatic carbocycles. The lowest BCUT2D eigenvalue weighted by atomic mass is 10.1. The van der Waals surface area contributed by atoms with Crippen molar-refractivity contribution in [3.05, 3.63) is 5.82 Å². The molecule has 1 heterocycles. The number of hydrogen-bond donors (Lipinski definition) is 1. The van der Waals surface area contributed by atoms with Crippen LogP contribution >= 0.6 is 0 Å². The topological polar surface area (TPSA) is 83.4 Å². The lowest BCUT2D eigenvalue weighted by molar-refractivity contribution is 0.0867. The molecule has 16 heavy (non-hydrogen) atoms. The summed E-state index contributed by atoms with van der Waals surface area (Å²) in [6, 6.07) is 0. The smallest absolute Gasteiger partial charge is 0.417 e. The van der Waals surface area contributed by atoms with E-state index in [9.17, 15) is 0 Å². The van der Waals surface area contributed by atoms with Gasteiger partial charge in [-0.25, -0.2) is 0 Å². The Kier molecular flexibility index (Phi) is 4.70. The summed E-state index contributed by atoms with van der Waals surface area (Å²) in [4.78, 5) is 4.05. The van der Waals surface area contributed by atoms with Crippen molar-refractivity contribution in [1.82, 2.24) is 10.1 Å². The van der Waals surface area contributed by atoms with Crippen LogP contribution in [0.2, 0.25) is 0 Å². The fourth-order valence-electron chi connectivity index (χ4n) is 1.12. The first-order valence-corrected chi connectivity index (χ1v) is 5.43. The first kappa shape index (κ1) is 12.9. The van der Waals surface area contributed by atoms with E-state index in [1.165, 1.54) is 0 Å². The summed E-state index contributed by atoms with van der Waals surface area (Å²) in [6.45, 7) is 7.18. The average molecular weight is 229 g/mol. The third kappa shape index (κ3) is 3.46. The van der Waals surface area contributed by atoms with E-state index < -0.39 is 5.54 Å². The summed E-state index contributed by atoms with van der Waals surface area (Å²) < 4.78 is 15.3. The largest absolute Gasteiger partial charge is 0.449 e. The molecular formula is C10H19N3O3. The van der Waals surface area contributed by atoms with Gasteiger partial charge in [-0.1, -0.05) is 12.1 Å². The molecule has 0 fully saturated rings. The Morgan fingerprint density at radius 1 is 1.44 bits per heavy atom. The third-order valence-electron chi connectivity index (χ3n) is 1.94. The van der Waals surface area contributed by atoms with Crippen LogP contribution in [0.4, 0.5) is 0 Å². The molecule has 6 nitrogen and oxygen atoms in total. The van der Waals surface area contributed by atoms with Crippen LogP contribution < -0.4 is 10.5 Å². The van der Waals surface area contributed by atoms with Gasteiger partial charge in [0.25, 0.3) is 0 Å². The lowest BCUT2D eigenvalue weighted by Crippen LogP contribution is -2.39. The van der Waals surface area contributed by atoms with Crippen LogP contribution in [-0.2, 0) is 10.3 Å². The number of ether oxygens (including phenoxy) is 2. The number of nitrogens with zero attached hydrogens (tertiary/aromatic N) is 2. The molecule has 6 heteroatoms. The normalized spacial score (nSPS) is 14.8. The van der Waals surface area contributed by atoms with Crippen LogP contribution in [-0.4, -0.2) is 30.0 Å². The second kappa shape index (κ2) is 5.81. The third-order valence-corrected chi connectivity index (χ3v) is 1.94. The maximum Gasteiger partial charge on any atom is 0.417 e. The van der Waals surface area contributed by atoms with E-state index in [2.05, 4.69) is 10.1 Å². The van der Waals surface area contributed by atoms with E-state index in [0.717, 1.165) is 6.42 Å².